The molecular weight excluding hydrogens is 247 g/mol. The van der Waals surface area contributed by atoms with Crippen LogP contribution in [0.5, 0.6) is 5.75 Å². The second-order valence-electron chi connectivity index (χ2n) is 3.86. The zero-order chi connectivity index (χ0) is 13.6. The molecule has 0 bridgehead atoms. The van der Waals surface area contributed by atoms with Gasteiger partial charge in [0.05, 0.1) is 19.6 Å². The molecule has 0 aromatic heterocycles. The van der Waals surface area contributed by atoms with Gasteiger partial charge in [0.25, 0.3) is 0 Å². The van der Waals surface area contributed by atoms with Gasteiger partial charge in [-0.1, -0.05) is 12.1 Å². The third-order valence-electron chi connectivity index (χ3n) is 2.42. The normalized spacial score (nSPS) is 13.4. The lowest BCUT2D eigenvalue weighted by Gasteiger charge is -2.13. The van der Waals surface area contributed by atoms with E-state index >= 15 is 0 Å². The lowest BCUT2D eigenvalue weighted by atomic mass is 10.1. The maximum atomic E-state index is 11.9. The number of hydrogen-bond donors (Lipinski definition) is 2. The van der Waals surface area contributed by atoms with Crippen molar-refractivity contribution in [2.75, 3.05) is 20.2 Å². The van der Waals surface area contributed by atoms with Crippen LogP contribution in [0.3, 0.4) is 0 Å². The summed E-state index contributed by atoms with van der Waals surface area (Å²) in [4.78, 5) is 0. The van der Waals surface area contributed by atoms with Crippen LogP contribution in [0, 0.1) is 0 Å². The van der Waals surface area contributed by atoms with Crippen LogP contribution in [0.4, 0.5) is 13.2 Å². The van der Waals surface area contributed by atoms with Crippen LogP contribution < -0.4 is 10.1 Å². The number of hydrogen-bond acceptors (Lipinski definition) is 3. The van der Waals surface area contributed by atoms with Crippen LogP contribution >= 0.6 is 0 Å². The van der Waals surface area contributed by atoms with Crippen LogP contribution in [0.2, 0.25) is 0 Å². The third kappa shape index (κ3) is 5.37. The highest BCUT2D eigenvalue weighted by Crippen LogP contribution is 2.19. The van der Waals surface area contributed by atoms with E-state index in [1.54, 1.807) is 24.3 Å². The lowest BCUT2D eigenvalue weighted by Crippen LogP contribution is -2.26. The highest BCUT2D eigenvalue weighted by atomic mass is 19.4. The summed E-state index contributed by atoms with van der Waals surface area (Å²) in [5.74, 6) is 0.663. The molecule has 0 fully saturated rings. The Kier molecular flexibility index (Phi) is 5.43. The minimum atomic E-state index is -4.17. The van der Waals surface area contributed by atoms with Gasteiger partial charge in [0.15, 0.2) is 0 Å². The highest BCUT2D eigenvalue weighted by Gasteiger charge is 2.26. The van der Waals surface area contributed by atoms with Crippen molar-refractivity contribution in [2.45, 2.75) is 18.7 Å². The average Bonchev–Trinajstić information content (AvgIpc) is 2.33. The molecule has 0 saturated heterocycles. The molecule has 18 heavy (non-hydrogen) atoms. The van der Waals surface area contributed by atoms with Gasteiger partial charge >= 0.3 is 6.18 Å². The van der Waals surface area contributed by atoms with E-state index in [9.17, 15) is 18.3 Å². The van der Waals surface area contributed by atoms with Crippen LogP contribution in [0.1, 0.15) is 18.1 Å². The molecule has 1 atom stereocenters. The number of rotatable bonds is 6. The maximum Gasteiger partial charge on any atom is 0.390 e. The fraction of sp³-hybridized carbons (Fsp3) is 0.500. The number of aliphatic hydroxyl groups excluding tert-OH is 1. The zero-order valence-corrected chi connectivity index (χ0v) is 10.00. The van der Waals surface area contributed by atoms with E-state index in [0.717, 1.165) is 0 Å². The number of benzene rings is 1. The number of ether oxygens (including phenoxy) is 1. The molecule has 0 aliphatic carbocycles. The summed E-state index contributed by atoms with van der Waals surface area (Å²) >= 11 is 0. The predicted octanol–water partition coefficient (Wildman–Crippen LogP) is 2.27. The topological polar surface area (TPSA) is 41.5 Å². The van der Waals surface area contributed by atoms with E-state index in [0.29, 0.717) is 11.3 Å². The predicted molar refractivity (Wildman–Crippen MR) is 61.5 cm³/mol. The summed E-state index contributed by atoms with van der Waals surface area (Å²) in [6.07, 6.45) is -5.90. The van der Waals surface area contributed by atoms with Crippen molar-refractivity contribution in [3.05, 3.63) is 29.8 Å². The molecular formula is C12H16F3NO2. The smallest absolute Gasteiger partial charge is 0.390 e. The summed E-state index contributed by atoms with van der Waals surface area (Å²) in [5, 5.41) is 12.3. The summed E-state index contributed by atoms with van der Waals surface area (Å²) in [6, 6.07) is 6.73. The van der Waals surface area contributed by atoms with E-state index in [1.165, 1.54) is 7.11 Å². The first-order chi connectivity index (χ1) is 8.42. The summed E-state index contributed by atoms with van der Waals surface area (Å²) < 4.78 is 40.6. The molecule has 2 N–H and O–H groups in total. The van der Waals surface area contributed by atoms with E-state index in [-0.39, 0.29) is 13.1 Å². The minimum absolute atomic E-state index is 0.0857. The fourth-order valence-corrected chi connectivity index (χ4v) is 1.41. The zero-order valence-electron chi connectivity index (χ0n) is 10.00. The Hall–Kier alpha value is -1.27. The van der Waals surface area contributed by atoms with Crippen molar-refractivity contribution >= 4 is 0 Å². The molecule has 0 saturated carbocycles. The van der Waals surface area contributed by atoms with Crippen LogP contribution in [-0.4, -0.2) is 31.5 Å². The van der Waals surface area contributed by atoms with Gasteiger partial charge in [-0.2, -0.15) is 13.2 Å². The Morgan fingerprint density at radius 3 is 2.39 bits per heavy atom. The molecule has 0 amide bonds. The fourth-order valence-electron chi connectivity index (χ4n) is 1.41. The van der Waals surface area contributed by atoms with E-state index in [1.807, 2.05) is 0 Å². The Balaban J connectivity index is 2.33. The molecule has 1 aromatic rings. The Morgan fingerprint density at radius 1 is 1.28 bits per heavy atom. The summed E-state index contributed by atoms with van der Waals surface area (Å²) in [7, 11) is 1.53. The standard InChI is InChI=1S/C12H16F3NO2/c1-18-10-4-2-9(3-5-10)11(17)8-16-7-6-12(13,14)15/h2-5,11,16-17H,6-8H2,1H3. The van der Waals surface area contributed by atoms with E-state index < -0.39 is 18.7 Å². The Morgan fingerprint density at radius 2 is 1.89 bits per heavy atom. The highest BCUT2D eigenvalue weighted by molar-refractivity contribution is 5.28. The molecule has 0 radical (unpaired) electrons. The van der Waals surface area contributed by atoms with Crippen molar-refractivity contribution in [1.82, 2.24) is 5.32 Å². The van der Waals surface area contributed by atoms with Crippen LogP contribution in [0.25, 0.3) is 0 Å². The molecule has 6 heteroatoms. The number of alkyl halides is 3. The van der Waals surface area contributed by atoms with Crippen molar-refractivity contribution in [1.29, 1.82) is 0 Å². The van der Waals surface area contributed by atoms with Gasteiger partial charge in [-0.3, -0.25) is 0 Å². The molecule has 1 aromatic carbocycles. The van der Waals surface area contributed by atoms with Crippen LogP contribution in [-0.2, 0) is 0 Å². The Labute approximate surface area is 104 Å². The molecule has 1 unspecified atom stereocenters. The molecule has 1 rings (SSSR count). The van der Waals surface area contributed by atoms with Crippen molar-refractivity contribution in [3.8, 4) is 5.75 Å². The second-order valence-corrected chi connectivity index (χ2v) is 3.86. The maximum absolute atomic E-state index is 11.9. The van der Waals surface area contributed by atoms with Gasteiger partial charge in [0.2, 0.25) is 0 Å². The number of aliphatic hydroxyl groups is 1. The lowest BCUT2D eigenvalue weighted by molar-refractivity contribution is -0.133. The van der Waals surface area contributed by atoms with Crippen molar-refractivity contribution in [2.24, 2.45) is 0 Å². The van der Waals surface area contributed by atoms with Gasteiger partial charge in [-0.25, -0.2) is 0 Å². The van der Waals surface area contributed by atoms with Gasteiger partial charge in [0, 0.05) is 13.1 Å². The number of methoxy groups -OCH3 is 1. The Bertz CT molecular complexity index is 351. The molecule has 0 spiro atoms. The first-order valence-corrected chi connectivity index (χ1v) is 5.52. The van der Waals surface area contributed by atoms with Gasteiger partial charge < -0.3 is 15.2 Å². The average molecular weight is 263 g/mol. The summed E-state index contributed by atoms with van der Waals surface area (Å²) in [6.45, 7) is -0.112. The number of nitrogens with one attached hydrogen (secondary N) is 1. The molecule has 0 aliphatic rings. The first kappa shape index (κ1) is 14.8. The first-order valence-electron chi connectivity index (χ1n) is 5.52. The number of halogens is 3. The van der Waals surface area contributed by atoms with E-state index in [2.05, 4.69) is 5.32 Å². The quantitative estimate of drug-likeness (QED) is 0.774. The summed E-state index contributed by atoms with van der Waals surface area (Å²) in [5.41, 5.74) is 0.635. The largest absolute Gasteiger partial charge is 0.497 e. The van der Waals surface area contributed by atoms with Crippen molar-refractivity contribution < 1.29 is 23.0 Å². The van der Waals surface area contributed by atoms with Gasteiger partial charge in [-0.05, 0) is 17.7 Å². The van der Waals surface area contributed by atoms with Gasteiger partial charge in [0.1, 0.15) is 5.75 Å². The molecule has 102 valence electrons. The SMILES string of the molecule is COc1ccc(C(O)CNCCC(F)(F)F)cc1. The van der Waals surface area contributed by atoms with Gasteiger partial charge in [-0.15, -0.1) is 0 Å². The second kappa shape index (κ2) is 6.61. The molecule has 3 nitrogen and oxygen atoms in total. The van der Waals surface area contributed by atoms with Crippen molar-refractivity contribution in [3.63, 3.8) is 0 Å². The minimum Gasteiger partial charge on any atom is -0.497 e. The molecule has 0 aliphatic heterocycles. The monoisotopic (exact) mass is 263 g/mol. The third-order valence-corrected chi connectivity index (χ3v) is 2.42. The van der Waals surface area contributed by atoms with Crippen LogP contribution in [0.15, 0.2) is 24.3 Å². The molecule has 0 heterocycles. The van der Waals surface area contributed by atoms with E-state index in [4.69, 9.17) is 4.74 Å².